The van der Waals surface area contributed by atoms with Crippen LogP contribution in [0.4, 0.5) is 0 Å². The van der Waals surface area contributed by atoms with Crippen LogP contribution in [0.5, 0.6) is 0 Å². The maximum absolute atomic E-state index is 12.2. The summed E-state index contributed by atoms with van der Waals surface area (Å²) in [5, 5.41) is 3.69. The van der Waals surface area contributed by atoms with Gasteiger partial charge in [0.15, 0.2) is 6.10 Å². The van der Waals surface area contributed by atoms with Gasteiger partial charge in [0.25, 0.3) is 5.91 Å². The molecule has 126 valence electrons. The normalized spacial score (nSPS) is 11.7. The van der Waals surface area contributed by atoms with Crippen molar-refractivity contribution in [3.8, 4) is 0 Å². The van der Waals surface area contributed by atoms with E-state index in [9.17, 15) is 9.59 Å². The number of nitrogens with zero attached hydrogens (tertiary/aromatic N) is 1. The lowest BCUT2D eigenvalue weighted by Crippen LogP contribution is -2.35. The first-order valence-electron chi connectivity index (χ1n) is 8.02. The zero-order valence-corrected chi connectivity index (χ0v) is 13.8. The largest absolute Gasteiger partial charge is 0.448 e. The third-order valence-electron chi connectivity index (χ3n) is 3.77. The van der Waals surface area contributed by atoms with E-state index in [1.807, 2.05) is 54.6 Å². The molecular weight excluding hydrogens is 316 g/mol. The van der Waals surface area contributed by atoms with Crippen LogP contribution >= 0.6 is 0 Å². The molecule has 1 atom stereocenters. The van der Waals surface area contributed by atoms with Crippen molar-refractivity contribution < 1.29 is 14.3 Å². The molecule has 0 saturated heterocycles. The van der Waals surface area contributed by atoms with Gasteiger partial charge in [-0.25, -0.2) is 9.78 Å². The van der Waals surface area contributed by atoms with Crippen LogP contribution in [-0.2, 0) is 16.1 Å². The van der Waals surface area contributed by atoms with E-state index in [0.29, 0.717) is 12.1 Å². The molecule has 0 aliphatic rings. The molecule has 0 fully saturated rings. The molecule has 5 nitrogen and oxygen atoms in total. The third-order valence-corrected chi connectivity index (χ3v) is 3.77. The molecule has 2 aromatic carbocycles. The number of para-hydroxylation sites is 1. The number of esters is 1. The van der Waals surface area contributed by atoms with Crippen LogP contribution in [0.1, 0.15) is 23.0 Å². The van der Waals surface area contributed by atoms with Crippen LogP contribution in [0, 0.1) is 0 Å². The number of hydrogen-bond donors (Lipinski definition) is 1. The van der Waals surface area contributed by atoms with Crippen LogP contribution in [0.3, 0.4) is 0 Å². The number of aromatic nitrogens is 1. The van der Waals surface area contributed by atoms with E-state index >= 15 is 0 Å². The molecule has 0 aliphatic carbocycles. The summed E-state index contributed by atoms with van der Waals surface area (Å²) in [6, 6.07) is 20.4. The van der Waals surface area contributed by atoms with Crippen LogP contribution in [0.2, 0.25) is 0 Å². The average molecular weight is 334 g/mol. The van der Waals surface area contributed by atoms with Gasteiger partial charge in [-0.3, -0.25) is 4.79 Å². The van der Waals surface area contributed by atoms with Gasteiger partial charge in [-0.2, -0.15) is 0 Å². The Labute approximate surface area is 145 Å². The summed E-state index contributed by atoms with van der Waals surface area (Å²) < 4.78 is 5.22. The first-order valence-corrected chi connectivity index (χ1v) is 8.02. The highest BCUT2D eigenvalue weighted by molar-refractivity contribution is 5.93. The third kappa shape index (κ3) is 4.20. The standard InChI is InChI=1S/C20H18N2O3/c1-14(19(23)21-13-15-7-3-2-4-8-15)25-20(24)18-12-11-16-9-5-6-10-17(16)22-18/h2-12,14H,13H2,1H3,(H,21,23)/t14-/m1/s1. The van der Waals surface area contributed by atoms with Crippen LogP contribution in [0.25, 0.3) is 10.9 Å². The number of benzene rings is 2. The van der Waals surface area contributed by atoms with E-state index < -0.39 is 12.1 Å². The number of pyridine rings is 1. The minimum atomic E-state index is -0.899. The minimum Gasteiger partial charge on any atom is -0.448 e. The van der Waals surface area contributed by atoms with Crippen LogP contribution < -0.4 is 5.32 Å². The molecule has 3 rings (SSSR count). The number of fused-ring (bicyclic) bond motifs is 1. The van der Waals surface area contributed by atoms with Crippen molar-refractivity contribution in [1.82, 2.24) is 10.3 Å². The maximum atomic E-state index is 12.2. The minimum absolute atomic E-state index is 0.182. The van der Waals surface area contributed by atoms with Gasteiger partial charge in [-0.15, -0.1) is 0 Å². The Morgan fingerprint density at radius 2 is 1.72 bits per heavy atom. The highest BCUT2D eigenvalue weighted by atomic mass is 16.5. The molecule has 1 N–H and O–H groups in total. The number of carbonyl (C=O) groups is 2. The lowest BCUT2D eigenvalue weighted by Gasteiger charge is -2.13. The lowest BCUT2D eigenvalue weighted by atomic mass is 10.2. The highest BCUT2D eigenvalue weighted by Crippen LogP contribution is 2.13. The predicted octanol–water partition coefficient (Wildman–Crippen LogP) is 3.10. The molecule has 0 unspecified atom stereocenters. The first-order chi connectivity index (χ1) is 12.1. The first kappa shape index (κ1) is 16.6. The number of amides is 1. The van der Waals surface area contributed by atoms with Gasteiger partial charge >= 0.3 is 5.97 Å². The molecule has 0 aliphatic heterocycles. The molecule has 0 spiro atoms. The number of hydrogen-bond acceptors (Lipinski definition) is 4. The number of carbonyl (C=O) groups excluding carboxylic acids is 2. The van der Waals surface area contributed by atoms with Gasteiger partial charge in [-0.1, -0.05) is 54.6 Å². The SMILES string of the molecule is C[C@@H](OC(=O)c1ccc2ccccc2n1)C(=O)NCc1ccccc1. The number of rotatable bonds is 5. The molecule has 1 aromatic heterocycles. The van der Waals surface area contributed by atoms with E-state index in [0.717, 1.165) is 10.9 Å². The second-order valence-electron chi connectivity index (χ2n) is 5.64. The van der Waals surface area contributed by atoms with Gasteiger partial charge in [0, 0.05) is 11.9 Å². The monoisotopic (exact) mass is 334 g/mol. The summed E-state index contributed by atoms with van der Waals surface area (Å²) >= 11 is 0. The molecule has 3 aromatic rings. The summed E-state index contributed by atoms with van der Waals surface area (Å²) in [6.07, 6.45) is -0.899. The Morgan fingerprint density at radius 3 is 2.52 bits per heavy atom. The fourth-order valence-corrected chi connectivity index (χ4v) is 2.38. The summed E-state index contributed by atoms with van der Waals surface area (Å²) in [6.45, 7) is 1.93. The molecule has 1 heterocycles. The molecule has 0 bridgehead atoms. The van der Waals surface area contributed by atoms with Gasteiger partial charge in [0.2, 0.25) is 0 Å². The summed E-state index contributed by atoms with van der Waals surface area (Å²) in [5.41, 5.74) is 1.87. The maximum Gasteiger partial charge on any atom is 0.357 e. The second kappa shape index (κ2) is 7.57. The second-order valence-corrected chi connectivity index (χ2v) is 5.64. The number of ether oxygens (including phenoxy) is 1. The molecular formula is C20H18N2O3. The van der Waals surface area contributed by atoms with E-state index in [1.165, 1.54) is 0 Å². The van der Waals surface area contributed by atoms with Gasteiger partial charge in [0.1, 0.15) is 5.69 Å². The summed E-state index contributed by atoms with van der Waals surface area (Å²) in [7, 11) is 0. The van der Waals surface area contributed by atoms with E-state index in [2.05, 4.69) is 10.3 Å². The van der Waals surface area contributed by atoms with Crippen molar-refractivity contribution >= 4 is 22.8 Å². The Bertz CT molecular complexity index is 894. The Kier molecular flexibility index (Phi) is 5.04. The smallest absolute Gasteiger partial charge is 0.357 e. The fraction of sp³-hybridized carbons (Fsp3) is 0.150. The van der Waals surface area contributed by atoms with Crippen molar-refractivity contribution in [3.63, 3.8) is 0 Å². The predicted molar refractivity (Wildman–Crippen MR) is 94.9 cm³/mol. The quantitative estimate of drug-likeness (QED) is 0.728. The van der Waals surface area contributed by atoms with Crippen molar-refractivity contribution in [2.45, 2.75) is 19.6 Å². The number of nitrogens with one attached hydrogen (secondary N) is 1. The summed E-state index contributed by atoms with van der Waals surface area (Å²) in [5.74, 6) is -0.967. The Morgan fingerprint density at radius 1 is 1.00 bits per heavy atom. The van der Waals surface area contributed by atoms with Crippen molar-refractivity contribution in [1.29, 1.82) is 0 Å². The van der Waals surface area contributed by atoms with Gasteiger partial charge < -0.3 is 10.1 Å². The highest BCUT2D eigenvalue weighted by Gasteiger charge is 2.19. The van der Waals surface area contributed by atoms with Crippen LogP contribution in [0.15, 0.2) is 66.7 Å². The van der Waals surface area contributed by atoms with E-state index in [1.54, 1.807) is 19.1 Å². The summed E-state index contributed by atoms with van der Waals surface area (Å²) in [4.78, 5) is 28.6. The fourth-order valence-electron chi connectivity index (χ4n) is 2.38. The topological polar surface area (TPSA) is 68.3 Å². The molecule has 1 amide bonds. The van der Waals surface area contributed by atoms with Gasteiger partial charge in [-0.05, 0) is 24.6 Å². The van der Waals surface area contributed by atoms with Crippen LogP contribution in [-0.4, -0.2) is 23.0 Å². The molecule has 0 radical (unpaired) electrons. The Hall–Kier alpha value is -3.21. The molecule has 0 saturated carbocycles. The van der Waals surface area contributed by atoms with Crippen molar-refractivity contribution in [2.24, 2.45) is 0 Å². The van der Waals surface area contributed by atoms with Gasteiger partial charge in [0.05, 0.1) is 5.52 Å². The Balaban J connectivity index is 1.59. The lowest BCUT2D eigenvalue weighted by molar-refractivity contribution is -0.129. The molecule has 25 heavy (non-hydrogen) atoms. The zero-order chi connectivity index (χ0) is 17.6. The van der Waals surface area contributed by atoms with Crippen molar-refractivity contribution in [3.05, 3.63) is 78.0 Å². The average Bonchev–Trinajstić information content (AvgIpc) is 2.66. The van der Waals surface area contributed by atoms with E-state index in [4.69, 9.17) is 4.74 Å². The van der Waals surface area contributed by atoms with Crippen molar-refractivity contribution in [2.75, 3.05) is 0 Å². The van der Waals surface area contributed by atoms with E-state index in [-0.39, 0.29) is 11.6 Å². The zero-order valence-electron chi connectivity index (χ0n) is 13.8. The molecule has 5 heteroatoms.